The number of aromatic nitrogens is 2. The average Bonchev–Trinajstić information content (AvgIpc) is 2.62. The number of hydrogen-bond acceptors (Lipinski definition) is 6. The first kappa shape index (κ1) is 17.9. The number of aryl methyl sites for hydroxylation is 1. The van der Waals surface area contributed by atoms with Crippen LogP contribution in [0.1, 0.15) is 31.1 Å². The van der Waals surface area contributed by atoms with E-state index in [1.807, 2.05) is 0 Å². The Balaban J connectivity index is 0.00000220. The highest BCUT2D eigenvalue weighted by atomic mass is 35.5. The van der Waals surface area contributed by atoms with Crippen molar-refractivity contribution in [2.45, 2.75) is 37.8 Å². The van der Waals surface area contributed by atoms with Gasteiger partial charge in [-0.1, -0.05) is 11.6 Å². The summed E-state index contributed by atoms with van der Waals surface area (Å²) in [7, 11) is -1.41. The minimum Gasteiger partial charge on any atom is -0.480 e. The second kappa shape index (κ2) is 7.71. The zero-order valence-electron chi connectivity index (χ0n) is 11.3. The van der Waals surface area contributed by atoms with Gasteiger partial charge < -0.3 is 10.8 Å². The van der Waals surface area contributed by atoms with Crippen LogP contribution in [-0.4, -0.2) is 42.6 Å². The molecule has 3 atom stereocenters. The third kappa shape index (κ3) is 4.39. The van der Waals surface area contributed by atoms with Crippen LogP contribution < -0.4 is 11.5 Å². The van der Waals surface area contributed by atoms with Gasteiger partial charge in [-0.2, -0.15) is 0 Å². The summed E-state index contributed by atoms with van der Waals surface area (Å²) in [4.78, 5) is 22.3. The summed E-state index contributed by atoms with van der Waals surface area (Å²) in [6, 6.07) is -1.42. The zero-order chi connectivity index (χ0) is 14.7. The van der Waals surface area contributed by atoms with Crippen molar-refractivity contribution in [3.63, 3.8) is 0 Å². The van der Waals surface area contributed by atoms with Crippen molar-refractivity contribution < 1.29 is 18.6 Å². The summed E-state index contributed by atoms with van der Waals surface area (Å²) in [5, 5.41) is 12.4. The van der Waals surface area contributed by atoms with E-state index in [0.717, 1.165) is 12.8 Å². The van der Waals surface area contributed by atoms with E-state index in [2.05, 4.69) is 9.68 Å². The minimum atomic E-state index is -1.41. The Labute approximate surface area is 129 Å². The lowest BCUT2D eigenvalue weighted by atomic mass is 10.1. The molecule has 10 heteroatoms. The number of hydrogen-bond donors (Lipinski definition) is 2. The summed E-state index contributed by atoms with van der Waals surface area (Å²) >= 11 is 0. The van der Waals surface area contributed by atoms with E-state index in [0.29, 0.717) is 18.7 Å². The Morgan fingerprint density at radius 2 is 2.29 bits per heavy atom. The number of carboxylic acid groups (broad SMARTS) is 1. The van der Waals surface area contributed by atoms with Crippen LogP contribution in [-0.2, 0) is 22.0 Å². The molecule has 1 aromatic rings. The van der Waals surface area contributed by atoms with E-state index in [1.165, 1.54) is 4.57 Å². The van der Waals surface area contributed by atoms with E-state index in [9.17, 15) is 13.8 Å². The molecule has 0 radical (unpaired) electrons. The Kier molecular flexibility index (Phi) is 6.56. The maximum Gasteiger partial charge on any atom is 0.441 e. The first-order valence-electron chi connectivity index (χ1n) is 6.39. The van der Waals surface area contributed by atoms with Crippen LogP contribution >= 0.6 is 12.4 Å². The Bertz CT molecular complexity index is 572. The van der Waals surface area contributed by atoms with Crippen LogP contribution in [0, 0.1) is 0 Å². The number of rotatable bonds is 5. The van der Waals surface area contributed by atoms with E-state index >= 15 is 0 Å². The van der Waals surface area contributed by atoms with E-state index in [4.69, 9.17) is 10.8 Å². The molecule has 0 saturated heterocycles. The normalized spacial score (nSPS) is 20.7. The van der Waals surface area contributed by atoms with Gasteiger partial charge >= 0.3 is 11.7 Å². The first-order chi connectivity index (χ1) is 9.49. The molecule has 0 aliphatic carbocycles. The van der Waals surface area contributed by atoms with Crippen molar-refractivity contribution >= 4 is 29.2 Å². The lowest BCUT2D eigenvalue weighted by Crippen LogP contribution is -2.37. The van der Waals surface area contributed by atoms with Gasteiger partial charge in [0.2, 0.25) is 0 Å². The summed E-state index contributed by atoms with van der Waals surface area (Å²) in [6.45, 7) is 0. The molecule has 0 fully saturated rings. The highest BCUT2D eigenvalue weighted by Crippen LogP contribution is 2.22. The van der Waals surface area contributed by atoms with Gasteiger partial charge in [-0.3, -0.25) is 18.1 Å². The predicted octanol–water partition coefficient (Wildman–Crippen LogP) is -0.314. The molecule has 0 spiro atoms. The van der Waals surface area contributed by atoms with Crippen LogP contribution in [0.15, 0.2) is 9.32 Å². The third-order valence-electron chi connectivity index (χ3n) is 3.32. The van der Waals surface area contributed by atoms with E-state index in [-0.39, 0.29) is 30.0 Å². The molecule has 0 amide bonds. The second-order valence-electron chi connectivity index (χ2n) is 4.85. The van der Waals surface area contributed by atoms with Crippen molar-refractivity contribution in [1.29, 1.82) is 0 Å². The fourth-order valence-corrected chi connectivity index (χ4v) is 3.74. The number of carboxylic acids is 1. The number of nitrogens with zero attached hydrogens (tertiary/aromatic N) is 2. The van der Waals surface area contributed by atoms with Crippen LogP contribution in [0.5, 0.6) is 0 Å². The molecule has 120 valence electrons. The van der Waals surface area contributed by atoms with Gasteiger partial charge in [-0.15, -0.1) is 12.4 Å². The lowest BCUT2D eigenvalue weighted by molar-refractivity contribution is -0.137. The summed E-state index contributed by atoms with van der Waals surface area (Å²) in [5.41, 5.74) is 5.37. The Morgan fingerprint density at radius 3 is 2.95 bits per heavy atom. The molecule has 8 nitrogen and oxygen atoms in total. The van der Waals surface area contributed by atoms with Gasteiger partial charge in [0.1, 0.15) is 6.04 Å². The number of carbonyl (C=O) groups is 1. The van der Waals surface area contributed by atoms with Crippen LogP contribution in [0.4, 0.5) is 0 Å². The van der Waals surface area contributed by atoms with Crippen molar-refractivity contribution in [2.24, 2.45) is 5.73 Å². The van der Waals surface area contributed by atoms with E-state index in [1.54, 1.807) is 0 Å². The Hall–Kier alpha value is -1.19. The smallest absolute Gasteiger partial charge is 0.441 e. The van der Waals surface area contributed by atoms with Gasteiger partial charge in [0.05, 0.1) is 6.04 Å². The fraction of sp³-hybridized carbons (Fsp3) is 0.727. The molecule has 1 aliphatic heterocycles. The molecule has 1 aliphatic rings. The molecule has 2 rings (SSSR count). The maximum atomic E-state index is 12.0. The molecule has 3 N–H and O–H groups in total. The molecule has 2 unspecified atom stereocenters. The number of halogens is 1. The molecule has 2 heterocycles. The highest BCUT2D eigenvalue weighted by Gasteiger charge is 2.26. The SMILES string of the molecule is Cl.N[C@@H](CS(=O)CC1CCCCc2noc(=O)n21)C(=O)O. The number of nitrogens with two attached hydrogens (primary N) is 1. The molecule has 0 aromatic carbocycles. The van der Waals surface area contributed by atoms with Crippen LogP contribution in [0.2, 0.25) is 0 Å². The fourth-order valence-electron chi connectivity index (χ4n) is 2.32. The monoisotopic (exact) mass is 339 g/mol. The van der Waals surface area contributed by atoms with Gasteiger partial charge in [-0.05, 0) is 12.8 Å². The minimum absolute atomic E-state index is 0. The number of aliphatic carboxylic acids is 1. The van der Waals surface area contributed by atoms with E-state index < -0.39 is 28.6 Å². The molecular formula is C11H18ClN3O5S. The van der Waals surface area contributed by atoms with Crippen LogP contribution in [0.3, 0.4) is 0 Å². The quantitative estimate of drug-likeness (QED) is 0.752. The van der Waals surface area contributed by atoms with Crippen molar-refractivity contribution in [3.05, 3.63) is 16.4 Å². The first-order valence-corrected chi connectivity index (χ1v) is 7.88. The van der Waals surface area contributed by atoms with Crippen molar-refractivity contribution in [3.8, 4) is 0 Å². The van der Waals surface area contributed by atoms with Gasteiger partial charge in [0.15, 0.2) is 5.82 Å². The standard InChI is InChI=1S/C11H17N3O5S.ClH/c12-8(10(15)16)6-20(18)5-7-3-1-2-4-9-13-19-11(17)14(7)9;/h7-8H,1-6,12H2,(H,15,16);1H/t7?,8-,20?;/m0./s1. The topological polar surface area (TPSA) is 128 Å². The predicted molar refractivity (Wildman–Crippen MR) is 78.1 cm³/mol. The van der Waals surface area contributed by atoms with Gasteiger partial charge in [-0.25, -0.2) is 4.79 Å². The molecule has 21 heavy (non-hydrogen) atoms. The molecular weight excluding hydrogens is 322 g/mol. The second-order valence-corrected chi connectivity index (χ2v) is 6.40. The molecule has 0 saturated carbocycles. The average molecular weight is 340 g/mol. The zero-order valence-corrected chi connectivity index (χ0v) is 12.9. The summed E-state index contributed by atoms with van der Waals surface area (Å²) in [5.74, 6) is -1.10. The summed E-state index contributed by atoms with van der Waals surface area (Å²) in [6.07, 6.45) is 3.14. The van der Waals surface area contributed by atoms with Crippen molar-refractivity contribution in [2.75, 3.05) is 11.5 Å². The summed E-state index contributed by atoms with van der Waals surface area (Å²) < 4.78 is 18.1. The molecule has 1 aromatic heterocycles. The lowest BCUT2D eigenvalue weighted by Gasteiger charge is -2.16. The maximum absolute atomic E-state index is 12.0. The van der Waals surface area contributed by atoms with Gasteiger partial charge in [0, 0.05) is 28.7 Å². The highest BCUT2D eigenvalue weighted by molar-refractivity contribution is 7.85. The van der Waals surface area contributed by atoms with Gasteiger partial charge in [0.25, 0.3) is 0 Å². The number of fused-ring (bicyclic) bond motifs is 1. The third-order valence-corrected chi connectivity index (χ3v) is 4.81. The Morgan fingerprint density at radius 1 is 1.57 bits per heavy atom. The largest absolute Gasteiger partial charge is 0.480 e. The van der Waals surface area contributed by atoms with Crippen LogP contribution in [0.25, 0.3) is 0 Å². The molecule has 0 bridgehead atoms. The van der Waals surface area contributed by atoms with Crippen molar-refractivity contribution in [1.82, 2.24) is 9.72 Å².